The summed E-state index contributed by atoms with van der Waals surface area (Å²) in [4.78, 5) is 16.9. The number of nitrogens with one attached hydrogen (secondary N) is 1. The fourth-order valence-electron chi connectivity index (χ4n) is 3.19. The van der Waals surface area contributed by atoms with Crippen molar-refractivity contribution in [1.82, 2.24) is 14.8 Å². The lowest BCUT2D eigenvalue weighted by Crippen LogP contribution is -2.13. The average molecular weight is 433 g/mol. The second kappa shape index (κ2) is 8.93. The van der Waals surface area contributed by atoms with Crippen LogP contribution in [-0.2, 0) is 22.1 Å². The van der Waals surface area contributed by atoms with Gasteiger partial charge in [0, 0.05) is 11.3 Å². The summed E-state index contributed by atoms with van der Waals surface area (Å²) in [6.07, 6.45) is 3.09. The fourth-order valence-corrected chi connectivity index (χ4v) is 4.54. The van der Waals surface area contributed by atoms with Crippen molar-refractivity contribution in [3.05, 3.63) is 108 Å². The number of benzene rings is 3. The minimum atomic E-state index is -3.49. The Hall–Kier alpha value is -3.78. The zero-order valence-corrected chi connectivity index (χ0v) is 17.4. The molecule has 0 aliphatic carbocycles. The van der Waals surface area contributed by atoms with Crippen LogP contribution in [0.2, 0.25) is 0 Å². The van der Waals surface area contributed by atoms with Crippen LogP contribution in [0.1, 0.15) is 21.5 Å². The van der Waals surface area contributed by atoms with E-state index in [0.29, 0.717) is 23.4 Å². The molecule has 4 rings (SSSR count). The van der Waals surface area contributed by atoms with Crippen LogP contribution < -0.4 is 5.32 Å². The summed E-state index contributed by atoms with van der Waals surface area (Å²) >= 11 is 0. The van der Waals surface area contributed by atoms with Gasteiger partial charge in [-0.05, 0) is 47.5 Å². The van der Waals surface area contributed by atoms with Crippen molar-refractivity contribution in [2.24, 2.45) is 0 Å². The molecule has 156 valence electrons. The molecule has 8 heteroatoms. The van der Waals surface area contributed by atoms with Gasteiger partial charge in [0.2, 0.25) is 0 Å². The van der Waals surface area contributed by atoms with E-state index in [1.54, 1.807) is 71.7 Å². The number of nitrogens with zero attached hydrogens (tertiary/aromatic N) is 3. The molecule has 0 radical (unpaired) electrons. The highest BCUT2D eigenvalue weighted by atomic mass is 32.2. The van der Waals surface area contributed by atoms with Gasteiger partial charge in [0.05, 0.1) is 17.2 Å². The van der Waals surface area contributed by atoms with Crippen molar-refractivity contribution in [3.63, 3.8) is 0 Å². The molecule has 0 saturated carbocycles. The fraction of sp³-hybridized carbons (Fsp3) is 0.0870. The molecule has 1 N–H and O–H groups in total. The zero-order valence-electron chi connectivity index (χ0n) is 16.5. The van der Waals surface area contributed by atoms with E-state index in [2.05, 4.69) is 15.4 Å². The Morgan fingerprint density at radius 1 is 0.903 bits per heavy atom. The third-order valence-electron chi connectivity index (χ3n) is 4.64. The Morgan fingerprint density at radius 2 is 1.68 bits per heavy atom. The molecule has 7 nitrogen and oxygen atoms in total. The first-order valence-electron chi connectivity index (χ1n) is 9.59. The first-order valence-corrected chi connectivity index (χ1v) is 11.2. The van der Waals surface area contributed by atoms with Crippen LogP contribution in [0.4, 0.5) is 5.69 Å². The van der Waals surface area contributed by atoms with E-state index in [1.165, 1.54) is 6.33 Å². The third kappa shape index (κ3) is 5.23. The molecule has 1 amide bonds. The van der Waals surface area contributed by atoms with Gasteiger partial charge in [0.1, 0.15) is 12.7 Å². The van der Waals surface area contributed by atoms with Crippen LogP contribution >= 0.6 is 0 Å². The van der Waals surface area contributed by atoms with Crippen LogP contribution in [0.3, 0.4) is 0 Å². The molecule has 1 aromatic heterocycles. The van der Waals surface area contributed by atoms with Crippen molar-refractivity contribution < 1.29 is 13.2 Å². The van der Waals surface area contributed by atoms with Gasteiger partial charge >= 0.3 is 0 Å². The lowest BCUT2D eigenvalue weighted by atomic mass is 10.1. The molecule has 1 heterocycles. The van der Waals surface area contributed by atoms with Crippen molar-refractivity contribution in [1.29, 1.82) is 0 Å². The predicted molar refractivity (Wildman–Crippen MR) is 117 cm³/mol. The molecule has 0 saturated heterocycles. The summed E-state index contributed by atoms with van der Waals surface area (Å²) in [5.41, 5.74) is 2.55. The Morgan fingerprint density at radius 3 is 2.45 bits per heavy atom. The molecule has 4 aromatic rings. The largest absolute Gasteiger partial charge is 0.322 e. The topological polar surface area (TPSA) is 93.9 Å². The Kier molecular flexibility index (Phi) is 5.90. The Bertz CT molecular complexity index is 1290. The SMILES string of the molecule is O=C(Nc1cccc(Cn2cncn2)c1)c1cccc(CS(=O)(=O)c2ccccc2)c1. The highest BCUT2D eigenvalue weighted by Crippen LogP contribution is 2.18. The summed E-state index contributed by atoms with van der Waals surface area (Å²) in [6.45, 7) is 0.538. The minimum absolute atomic E-state index is 0.175. The number of rotatable bonds is 7. The standard InChI is InChI=1S/C23H20N4O3S/c28-23(26-21-9-5-6-18(13-21)14-27-17-24-16-25-27)20-8-4-7-19(12-20)15-31(29,30)22-10-2-1-3-11-22/h1-13,16-17H,14-15H2,(H,26,28). The van der Waals surface area contributed by atoms with Gasteiger partial charge in [0.25, 0.3) is 5.91 Å². The van der Waals surface area contributed by atoms with Crippen molar-refractivity contribution >= 4 is 21.4 Å². The number of aromatic nitrogens is 3. The highest BCUT2D eigenvalue weighted by molar-refractivity contribution is 7.90. The summed E-state index contributed by atoms with van der Waals surface area (Å²) in [6, 6.07) is 22.4. The van der Waals surface area contributed by atoms with Gasteiger partial charge < -0.3 is 5.32 Å². The smallest absolute Gasteiger partial charge is 0.255 e. The molecule has 0 aliphatic rings. The Balaban J connectivity index is 1.47. The molecule has 0 aliphatic heterocycles. The van der Waals surface area contributed by atoms with Crippen LogP contribution in [0.5, 0.6) is 0 Å². The van der Waals surface area contributed by atoms with Crippen molar-refractivity contribution in [2.45, 2.75) is 17.2 Å². The van der Waals surface area contributed by atoms with Gasteiger partial charge in [-0.25, -0.2) is 18.1 Å². The quantitative estimate of drug-likeness (QED) is 0.482. The van der Waals surface area contributed by atoms with Crippen molar-refractivity contribution in [2.75, 3.05) is 5.32 Å². The van der Waals surface area contributed by atoms with Crippen LogP contribution in [0.15, 0.2) is 96.4 Å². The second-order valence-corrected chi connectivity index (χ2v) is 9.01. The summed E-state index contributed by atoms with van der Waals surface area (Å²) in [5, 5.41) is 6.95. The number of carbonyl (C=O) groups excluding carboxylic acids is 1. The van der Waals surface area contributed by atoms with E-state index in [9.17, 15) is 13.2 Å². The third-order valence-corrected chi connectivity index (χ3v) is 6.35. The Labute approximate surface area is 180 Å². The van der Waals surface area contributed by atoms with Gasteiger partial charge in [-0.2, -0.15) is 5.10 Å². The molecule has 0 atom stereocenters. The zero-order chi connectivity index (χ0) is 21.7. The normalized spacial score (nSPS) is 11.2. The van der Waals surface area contributed by atoms with E-state index < -0.39 is 9.84 Å². The number of hydrogen-bond donors (Lipinski definition) is 1. The predicted octanol–water partition coefficient (Wildman–Crippen LogP) is 3.55. The number of hydrogen-bond acceptors (Lipinski definition) is 5. The molecule has 3 aromatic carbocycles. The van der Waals surface area contributed by atoms with Gasteiger partial charge in [-0.1, -0.05) is 42.5 Å². The van der Waals surface area contributed by atoms with Gasteiger partial charge in [-0.15, -0.1) is 0 Å². The first kappa shape index (κ1) is 20.5. The second-order valence-electron chi connectivity index (χ2n) is 7.02. The van der Waals surface area contributed by atoms with E-state index in [-0.39, 0.29) is 16.6 Å². The number of amides is 1. The summed E-state index contributed by atoms with van der Waals surface area (Å²) in [7, 11) is -3.49. The maximum Gasteiger partial charge on any atom is 0.255 e. The van der Waals surface area contributed by atoms with E-state index in [4.69, 9.17) is 0 Å². The first-order chi connectivity index (χ1) is 15.0. The molecular formula is C23H20N4O3S. The van der Waals surface area contributed by atoms with E-state index in [0.717, 1.165) is 5.56 Å². The van der Waals surface area contributed by atoms with E-state index in [1.807, 2.05) is 18.2 Å². The number of carbonyl (C=O) groups is 1. The highest BCUT2D eigenvalue weighted by Gasteiger charge is 2.16. The molecule has 0 bridgehead atoms. The maximum absolute atomic E-state index is 12.7. The summed E-state index contributed by atoms with van der Waals surface area (Å²) in [5.74, 6) is -0.484. The number of sulfone groups is 1. The van der Waals surface area contributed by atoms with Crippen LogP contribution in [0, 0.1) is 0 Å². The molecule has 0 spiro atoms. The average Bonchev–Trinajstić information content (AvgIpc) is 3.27. The monoisotopic (exact) mass is 432 g/mol. The van der Waals surface area contributed by atoms with Gasteiger partial charge in [0.15, 0.2) is 9.84 Å². The lowest BCUT2D eigenvalue weighted by Gasteiger charge is -2.09. The molecular weight excluding hydrogens is 412 g/mol. The molecule has 31 heavy (non-hydrogen) atoms. The maximum atomic E-state index is 12.7. The van der Waals surface area contributed by atoms with Crippen molar-refractivity contribution in [3.8, 4) is 0 Å². The van der Waals surface area contributed by atoms with E-state index >= 15 is 0 Å². The minimum Gasteiger partial charge on any atom is -0.322 e. The van der Waals surface area contributed by atoms with Gasteiger partial charge in [-0.3, -0.25) is 4.79 Å². The van der Waals surface area contributed by atoms with Crippen LogP contribution in [0.25, 0.3) is 0 Å². The summed E-state index contributed by atoms with van der Waals surface area (Å²) < 4.78 is 27.0. The number of anilines is 1. The molecule has 0 fully saturated rings. The lowest BCUT2D eigenvalue weighted by molar-refractivity contribution is 0.102. The van der Waals surface area contributed by atoms with Crippen LogP contribution in [-0.4, -0.2) is 29.1 Å². The molecule has 0 unspecified atom stereocenters.